The normalized spacial score (nSPS) is 15.6. The maximum Gasteiger partial charge on any atom is 0.323 e. The van der Waals surface area contributed by atoms with Crippen molar-refractivity contribution in [2.75, 3.05) is 18.0 Å². The Kier molecular flexibility index (Phi) is 5.08. The van der Waals surface area contributed by atoms with Crippen molar-refractivity contribution in [1.29, 1.82) is 0 Å². The minimum absolute atomic E-state index is 0.0348. The Balaban J connectivity index is 2.00. The number of benzene rings is 1. The number of rotatable bonds is 6. The lowest BCUT2D eigenvalue weighted by molar-refractivity contribution is -0.135. The van der Waals surface area contributed by atoms with E-state index in [2.05, 4.69) is 0 Å². The highest BCUT2D eigenvalue weighted by Crippen LogP contribution is 2.28. The van der Waals surface area contributed by atoms with Gasteiger partial charge in [-0.05, 0) is 30.5 Å². The lowest BCUT2D eigenvalue weighted by atomic mass is 10.0. The highest BCUT2D eigenvalue weighted by Gasteiger charge is 2.17. The fraction of sp³-hybridized carbons (Fsp3) is 0.533. The smallest absolute Gasteiger partial charge is 0.323 e. The molecule has 1 aliphatic rings. The van der Waals surface area contributed by atoms with Crippen molar-refractivity contribution in [2.24, 2.45) is 5.92 Å². The lowest BCUT2D eigenvalue weighted by Gasteiger charge is -2.24. The van der Waals surface area contributed by atoms with Crippen molar-refractivity contribution in [1.82, 2.24) is 0 Å². The largest absolute Gasteiger partial charge is 0.480 e. The first-order valence-electron chi connectivity index (χ1n) is 6.87. The molecule has 1 N–H and O–H groups in total. The van der Waals surface area contributed by atoms with Gasteiger partial charge in [-0.15, -0.1) is 0 Å². The molecule has 0 atom stereocenters. The summed E-state index contributed by atoms with van der Waals surface area (Å²) in [4.78, 5) is 12.9. The molecule has 0 heterocycles. The van der Waals surface area contributed by atoms with Gasteiger partial charge in [0.2, 0.25) is 0 Å². The van der Waals surface area contributed by atoms with Crippen LogP contribution in [-0.2, 0) is 4.79 Å². The van der Waals surface area contributed by atoms with Crippen molar-refractivity contribution in [3.8, 4) is 0 Å². The van der Waals surface area contributed by atoms with E-state index in [1.54, 1.807) is 6.07 Å². The van der Waals surface area contributed by atoms with E-state index in [1.807, 2.05) is 23.1 Å². The zero-order valence-corrected chi connectivity index (χ0v) is 11.8. The molecule has 0 spiro atoms. The molecule has 19 heavy (non-hydrogen) atoms. The lowest BCUT2D eigenvalue weighted by Crippen LogP contribution is -2.31. The average molecular weight is 282 g/mol. The molecule has 1 aromatic rings. The molecule has 0 aromatic heterocycles. The van der Waals surface area contributed by atoms with E-state index >= 15 is 0 Å². The van der Waals surface area contributed by atoms with Crippen molar-refractivity contribution >= 4 is 23.3 Å². The molecule has 1 saturated carbocycles. The molecule has 0 bridgehead atoms. The Morgan fingerprint density at radius 1 is 1.37 bits per heavy atom. The SMILES string of the molecule is O=C(O)CN(CCC1CCCC1)c1cccc(Cl)c1. The van der Waals surface area contributed by atoms with E-state index in [0.717, 1.165) is 24.6 Å². The van der Waals surface area contributed by atoms with Gasteiger partial charge in [-0.1, -0.05) is 43.4 Å². The van der Waals surface area contributed by atoms with Crippen LogP contribution in [0.5, 0.6) is 0 Å². The second-order valence-corrected chi connectivity index (χ2v) is 5.67. The van der Waals surface area contributed by atoms with Gasteiger partial charge in [0.05, 0.1) is 0 Å². The Labute approximate surface area is 119 Å². The summed E-state index contributed by atoms with van der Waals surface area (Å²) in [6.07, 6.45) is 6.29. The molecule has 0 amide bonds. The van der Waals surface area contributed by atoms with Crippen LogP contribution >= 0.6 is 11.6 Å². The van der Waals surface area contributed by atoms with Gasteiger partial charge >= 0.3 is 5.97 Å². The number of carboxylic acids is 1. The molecule has 0 unspecified atom stereocenters. The van der Waals surface area contributed by atoms with Crippen LogP contribution in [0.2, 0.25) is 5.02 Å². The number of carbonyl (C=O) groups is 1. The van der Waals surface area contributed by atoms with Crippen LogP contribution in [0.25, 0.3) is 0 Å². The van der Waals surface area contributed by atoms with Crippen molar-refractivity contribution in [3.05, 3.63) is 29.3 Å². The molecular formula is C15H20ClNO2. The van der Waals surface area contributed by atoms with Crippen LogP contribution in [0.15, 0.2) is 24.3 Å². The Bertz CT molecular complexity index is 430. The molecule has 3 nitrogen and oxygen atoms in total. The minimum Gasteiger partial charge on any atom is -0.480 e. The number of halogens is 1. The van der Waals surface area contributed by atoms with E-state index < -0.39 is 5.97 Å². The molecule has 4 heteroatoms. The van der Waals surface area contributed by atoms with E-state index in [1.165, 1.54) is 25.7 Å². The summed E-state index contributed by atoms with van der Waals surface area (Å²) in [6.45, 7) is 0.824. The minimum atomic E-state index is -0.800. The number of nitrogens with zero attached hydrogens (tertiary/aromatic N) is 1. The van der Waals surface area contributed by atoms with Crippen LogP contribution in [0.4, 0.5) is 5.69 Å². The van der Waals surface area contributed by atoms with Gasteiger partial charge in [0.25, 0.3) is 0 Å². The van der Waals surface area contributed by atoms with Crippen molar-refractivity contribution < 1.29 is 9.90 Å². The summed E-state index contributed by atoms with van der Waals surface area (Å²) in [5.74, 6) is -0.0399. The third-order valence-electron chi connectivity index (χ3n) is 3.78. The maximum absolute atomic E-state index is 11.0. The molecule has 0 saturated heterocycles. The fourth-order valence-corrected chi connectivity index (χ4v) is 2.96. The van der Waals surface area contributed by atoms with E-state index in [-0.39, 0.29) is 6.54 Å². The predicted octanol–water partition coefficient (Wildman–Crippen LogP) is 3.81. The maximum atomic E-state index is 11.0. The Hall–Kier alpha value is -1.22. The summed E-state index contributed by atoms with van der Waals surface area (Å²) in [6, 6.07) is 7.42. The van der Waals surface area contributed by atoms with Crippen LogP contribution in [0, 0.1) is 5.92 Å². The second-order valence-electron chi connectivity index (χ2n) is 5.23. The fourth-order valence-electron chi connectivity index (χ4n) is 2.77. The topological polar surface area (TPSA) is 40.5 Å². The van der Waals surface area contributed by atoms with Gasteiger partial charge in [0.1, 0.15) is 6.54 Å². The molecule has 104 valence electrons. The van der Waals surface area contributed by atoms with Crippen molar-refractivity contribution in [2.45, 2.75) is 32.1 Å². The summed E-state index contributed by atoms with van der Waals surface area (Å²) in [5.41, 5.74) is 0.896. The van der Waals surface area contributed by atoms with Crippen LogP contribution in [0.3, 0.4) is 0 Å². The third-order valence-corrected chi connectivity index (χ3v) is 4.02. The van der Waals surface area contributed by atoms with Gasteiger partial charge in [0, 0.05) is 17.3 Å². The predicted molar refractivity (Wildman–Crippen MR) is 77.9 cm³/mol. The first kappa shape index (κ1) is 14.2. The monoisotopic (exact) mass is 281 g/mol. The van der Waals surface area contributed by atoms with Gasteiger partial charge in [-0.25, -0.2) is 0 Å². The summed E-state index contributed by atoms with van der Waals surface area (Å²) >= 11 is 5.98. The first-order valence-corrected chi connectivity index (χ1v) is 7.25. The molecular weight excluding hydrogens is 262 g/mol. The summed E-state index contributed by atoms with van der Waals surface area (Å²) in [7, 11) is 0. The third kappa shape index (κ3) is 4.43. The van der Waals surface area contributed by atoms with E-state index in [4.69, 9.17) is 16.7 Å². The van der Waals surface area contributed by atoms with Crippen LogP contribution < -0.4 is 4.90 Å². The Morgan fingerprint density at radius 2 is 2.11 bits per heavy atom. The summed E-state index contributed by atoms with van der Waals surface area (Å²) in [5, 5.41) is 9.68. The first-order chi connectivity index (χ1) is 9.15. The number of anilines is 1. The summed E-state index contributed by atoms with van der Waals surface area (Å²) < 4.78 is 0. The number of hydrogen-bond acceptors (Lipinski definition) is 2. The molecule has 1 fully saturated rings. The van der Waals surface area contributed by atoms with Gasteiger partial charge in [-0.3, -0.25) is 4.79 Å². The highest BCUT2D eigenvalue weighted by molar-refractivity contribution is 6.30. The highest BCUT2D eigenvalue weighted by atomic mass is 35.5. The van der Waals surface area contributed by atoms with Crippen molar-refractivity contribution in [3.63, 3.8) is 0 Å². The van der Waals surface area contributed by atoms with Gasteiger partial charge < -0.3 is 10.0 Å². The zero-order valence-electron chi connectivity index (χ0n) is 11.0. The Morgan fingerprint density at radius 3 is 2.74 bits per heavy atom. The van der Waals surface area contributed by atoms with Crippen LogP contribution in [-0.4, -0.2) is 24.2 Å². The number of aliphatic carboxylic acids is 1. The van der Waals surface area contributed by atoms with Gasteiger partial charge in [-0.2, -0.15) is 0 Å². The molecule has 1 aliphatic carbocycles. The number of hydrogen-bond donors (Lipinski definition) is 1. The quantitative estimate of drug-likeness (QED) is 0.862. The average Bonchev–Trinajstić information content (AvgIpc) is 2.87. The van der Waals surface area contributed by atoms with E-state index in [9.17, 15) is 4.79 Å². The van der Waals surface area contributed by atoms with E-state index in [0.29, 0.717) is 5.02 Å². The second kappa shape index (κ2) is 6.80. The molecule has 1 aromatic carbocycles. The van der Waals surface area contributed by atoms with Crippen LogP contribution in [0.1, 0.15) is 32.1 Å². The molecule has 2 rings (SSSR count). The number of carboxylic acid groups (broad SMARTS) is 1. The molecule has 0 radical (unpaired) electrons. The van der Waals surface area contributed by atoms with Gasteiger partial charge in [0.15, 0.2) is 0 Å². The zero-order chi connectivity index (χ0) is 13.7. The molecule has 0 aliphatic heterocycles. The standard InChI is InChI=1S/C15H20ClNO2/c16-13-6-3-7-14(10-13)17(11-15(18)19)9-8-12-4-1-2-5-12/h3,6-7,10,12H,1-2,4-5,8-9,11H2,(H,18,19).